The molecular weight excluding hydrogens is 268 g/mol. The Bertz CT molecular complexity index is 551. The number of nitrogens with one attached hydrogen (secondary N) is 1. The molecular formula is C16H22N2OS. The van der Waals surface area contributed by atoms with Crippen molar-refractivity contribution in [2.45, 2.75) is 33.2 Å². The number of aryl methyl sites for hydroxylation is 1. The van der Waals surface area contributed by atoms with Gasteiger partial charge in [0.1, 0.15) is 10.8 Å². The van der Waals surface area contributed by atoms with Crippen molar-refractivity contribution in [2.24, 2.45) is 0 Å². The van der Waals surface area contributed by atoms with Gasteiger partial charge in [-0.05, 0) is 31.5 Å². The van der Waals surface area contributed by atoms with Crippen LogP contribution in [0.25, 0.3) is 10.6 Å². The fourth-order valence-corrected chi connectivity index (χ4v) is 3.26. The lowest BCUT2D eigenvalue weighted by molar-refractivity contribution is 0.416. The van der Waals surface area contributed by atoms with Crippen LogP contribution in [-0.4, -0.2) is 18.6 Å². The predicted molar refractivity (Wildman–Crippen MR) is 85.5 cm³/mol. The van der Waals surface area contributed by atoms with Crippen molar-refractivity contribution in [1.29, 1.82) is 0 Å². The van der Waals surface area contributed by atoms with E-state index in [1.165, 1.54) is 10.6 Å². The highest BCUT2D eigenvalue weighted by Gasteiger charge is 2.13. The minimum absolute atomic E-state index is 0.886. The lowest BCUT2D eigenvalue weighted by Crippen LogP contribution is -2.13. The number of hydrogen-bond acceptors (Lipinski definition) is 4. The first-order chi connectivity index (χ1) is 9.80. The third kappa shape index (κ3) is 3.38. The van der Waals surface area contributed by atoms with Gasteiger partial charge in [0, 0.05) is 11.4 Å². The van der Waals surface area contributed by atoms with Crippen LogP contribution in [0.3, 0.4) is 0 Å². The molecule has 2 aromatic rings. The maximum atomic E-state index is 5.43. The smallest absolute Gasteiger partial charge is 0.129 e. The summed E-state index contributed by atoms with van der Waals surface area (Å²) in [6.07, 6.45) is 2.12. The summed E-state index contributed by atoms with van der Waals surface area (Å²) in [5.41, 5.74) is 2.27. The van der Waals surface area contributed by atoms with Gasteiger partial charge in [0.25, 0.3) is 0 Å². The van der Waals surface area contributed by atoms with E-state index in [0.29, 0.717) is 0 Å². The maximum Gasteiger partial charge on any atom is 0.129 e. The van der Waals surface area contributed by atoms with Crippen LogP contribution < -0.4 is 10.1 Å². The molecule has 4 heteroatoms. The van der Waals surface area contributed by atoms with E-state index in [2.05, 4.69) is 25.2 Å². The summed E-state index contributed by atoms with van der Waals surface area (Å²) in [5.74, 6) is 0.886. The molecule has 1 N–H and O–H groups in total. The molecule has 20 heavy (non-hydrogen) atoms. The highest BCUT2D eigenvalue weighted by Crippen LogP contribution is 2.34. The van der Waals surface area contributed by atoms with Gasteiger partial charge in [-0.1, -0.05) is 26.0 Å². The number of aromatic nitrogens is 1. The summed E-state index contributed by atoms with van der Waals surface area (Å²) < 4.78 is 5.43. The Kier molecular flexibility index (Phi) is 5.56. The molecule has 0 saturated carbocycles. The van der Waals surface area contributed by atoms with E-state index < -0.39 is 0 Å². The summed E-state index contributed by atoms with van der Waals surface area (Å²) in [7, 11) is 1.71. The Labute approximate surface area is 125 Å². The normalized spacial score (nSPS) is 10.8. The fraction of sp³-hybridized carbons (Fsp3) is 0.438. The number of para-hydroxylation sites is 1. The zero-order chi connectivity index (χ0) is 14.4. The predicted octanol–water partition coefficient (Wildman–Crippen LogP) is 3.88. The molecule has 0 bridgehead atoms. The van der Waals surface area contributed by atoms with Crippen LogP contribution in [0.15, 0.2) is 24.3 Å². The minimum atomic E-state index is 0.886. The first-order valence-corrected chi connectivity index (χ1v) is 7.94. The number of rotatable bonds is 7. The lowest BCUT2D eigenvalue weighted by Gasteiger charge is -2.04. The zero-order valence-corrected chi connectivity index (χ0v) is 13.2. The molecule has 108 valence electrons. The van der Waals surface area contributed by atoms with Gasteiger partial charge >= 0.3 is 0 Å². The summed E-state index contributed by atoms with van der Waals surface area (Å²) in [4.78, 5) is 6.12. The molecule has 3 nitrogen and oxygen atoms in total. The molecule has 0 atom stereocenters. The monoisotopic (exact) mass is 290 g/mol. The quantitative estimate of drug-likeness (QED) is 0.786. The summed E-state index contributed by atoms with van der Waals surface area (Å²) in [6.45, 7) is 6.29. The second-order valence-electron chi connectivity index (χ2n) is 4.62. The largest absolute Gasteiger partial charge is 0.496 e. The standard InChI is InChI=1S/C16H22N2OS/c1-4-10-17-11-15-13(5-2)18-16(20-15)12-8-6-7-9-14(12)19-3/h6-9,17H,4-5,10-11H2,1-3H3. The molecule has 1 aromatic carbocycles. The number of benzene rings is 1. The zero-order valence-electron chi connectivity index (χ0n) is 12.4. The third-order valence-corrected chi connectivity index (χ3v) is 4.29. The van der Waals surface area contributed by atoms with Gasteiger partial charge in [-0.15, -0.1) is 11.3 Å². The van der Waals surface area contributed by atoms with Gasteiger partial charge in [0.05, 0.1) is 18.4 Å². The number of methoxy groups -OCH3 is 1. The fourth-order valence-electron chi connectivity index (χ4n) is 2.11. The molecule has 2 rings (SSSR count). The first-order valence-electron chi connectivity index (χ1n) is 7.12. The number of ether oxygens (including phenoxy) is 1. The van der Waals surface area contributed by atoms with E-state index in [9.17, 15) is 0 Å². The van der Waals surface area contributed by atoms with Crippen LogP contribution in [0.2, 0.25) is 0 Å². The van der Waals surface area contributed by atoms with Crippen molar-refractivity contribution < 1.29 is 4.74 Å². The summed E-state index contributed by atoms with van der Waals surface area (Å²) >= 11 is 1.76. The van der Waals surface area contributed by atoms with Crippen molar-refractivity contribution in [3.63, 3.8) is 0 Å². The average Bonchev–Trinajstić information content (AvgIpc) is 2.90. The molecule has 0 fully saturated rings. The van der Waals surface area contributed by atoms with Crippen molar-refractivity contribution >= 4 is 11.3 Å². The molecule has 0 saturated heterocycles. The molecule has 1 heterocycles. The molecule has 0 spiro atoms. The van der Waals surface area contributed by atoms with Gasteiger partial charge in [0.15, 0.2) is 0 Å². The van der Waals surface area contributed by atoms with Crippen LogP contribution in [0.1, 0.15) is 30.8 Å². The van der Waals surface area contributed by atoms with Crippen LogP contribution in [-0.2, 0) is 13.0 Å². The second kappa shape index (κ2) is 7.41. The molecule has 0 unspecified atom stereocenters. The van der Waals surface area contributed by atoms with Crippen molar-refractivity contribution in [3.8, 4) is 16.3 Å². The van der Waals surface area contributed by atoms with E-state index >= 15 is 0 Å². The molecule has 0 aliphatic rings. The van der Waals surface area contributed by atoms with Gasteiger partial charge < -0.3 is 10.1 Å². The van der Waals surface area contributed by atoms with Crippen LogP contribution in [0.5, 0.6) is 5.75 Å². The Hall–Kier alpha value is -1.39. The number of thiazole rings is 1. The van der Waals surface area contributed by atoms with E-state index in [1.807, 2.05) is 18.2 Å². The van der Waals surface area contributed by atoms with Gasteiger partial charge in [-0.3, -0.25) is 0 Å². The Morgan fingerprint density at radius 3 is 2.75 bits per heavy atom. The van der Waals surface area contributed by atoms with Crippen molar-refractivity contribution in [1.82, 2.24) is 10.3 Å². The van der Waals surface area contributed by atoms with Crippen LogP contribution in [0.4, 0.5) is 0 Å². The molecule has 1 aromatic heterocycles. The molecule has 0 aliphatic carbocycles. The van der Waals surface area contributed by atoms with Crippen LogP contribution >= 0.6 is 11.3 Å². The Balaban J connectivity index is 2.28. The maximum absolute atomic E-state index is 5.43. The van der Waals surface area contributed by atoms with Crippen LogP contribution in [0, 0.1) is 0 Å². The SMILES string of the molecule is CCCNCc1sc(-c2ccccc2OC)nc1CC. The van der Waals surface area contributed by atoms with E-state index in [4.69, 9.17) is 9.72 Å². The minimum Gasteiger partial charge on any atom is -0.496 e. The number of hydrogen-bond donors (Lipinski definition) is 1. The van der Waals surface area contributed by atoms with Gasteiger partial charge in [0.2, 0.25) is 0 Å². The molecule has 0 aliphatic heterocycles. The first kappa shape index (κ1) is 15.0. The van der Waals surface area contributed by atoms with E-state index in [-0.39, 0.29) is 0 Å². The highest BCUT2D eigenvalue weighted by atomic mass is 32.1. The second-order valence-corrected chi connectivity index (χ2v) is 5.70. The molecule has 0 amide bonds. The van der Waals surface area contributed by atoms with E-state index in [1.54, 1.807) is 18.4 Å². The summed E-state index contributed by atoms with van der Waals surface area (Å²) in [6, 6.07) is 8.07. The Morgan fingerprint density at radius 1 is 1.25 bits per heavy atom. The highest BCUT2D eigenvalue weighted by molar-refractivity contribution is 7.15. The van der Waals surface area contributed by atoms with Crippen molar-refractivity contribution in [3.05, 3.63) is 34.8 Å². The van der Waals surface area contributed by atoms with Gasteiger partial charge in [-0.25, -0.2) is 4.98 Å². The Morgan fingerprint density at radius 2 is 2.05 bits per heavy atom. The average molecular weight is 290 g/mol. The number of nitrogens with zero attached hydrogens (tertiary/aromatic N) is 1. The topological polar surface area (TPSA) is 34.1 Å². The van der Waals surface area contributed by atoms with E-state index in [0.717, 1.165) is 42.3 Å². The summed E-state index contributed by atoms with van der Waals surface area (Å²) in [5, 5.41) is 4.51. The van der Waals surface area contributed by atoms with Crippen molar-refractivity contribution in [2.75, 3.05) is 13.7 Å². The van der Waals surface area contributed by atoms with Gasteiger partial charge in [-0.2, -0.15) is 0 Å². The lowest BCUT2D eigenvalue weighted by atomic mass is 10.2. The molecule has 0 radical (unpaired) electrons. The third-order valence-electron chi connectivity index (χ3n) is 3.16.